The summed E-state index contributed by atoms with van der Waals surface area (Å²) in [7, 11) is 1.51. The van der Waals surface area contributed by atoms with Crippen LogP contribution in [-0.2, 0) is 6.54 Å². The fourth-order valence-electron chi connectivity index (χ4n) is 2.10. The molecule has 0 aliphatic heterocycles. The Labute approximate surface area is 123 Å². The molecule has 1 heterocycles. The van der Waals surface area contributed by atoms with Crippen molar-refractivity contribution in [3.8, 4) is 5.75 Å². The van der Waals surface area contributed by atoms with Gasteiger partial charge in [0.1, 0.15) is 0 Å². The summed E-state index contributed by atoms with van der Waals surface area (Å²) < 4.78 is 7.19. The van der Waals surface area contributed by atoms with E-state index in [1.165, 1.54) is 7.11 Å². The molecule has 1 amide bonds. The Morgan fingerprint density at radius 1 is 1.43 bits per heavy atom. The number of benzene rings is 1. The van der Waals surface area contributed by atoms with E-state index in [0.29, 0.717) is 23.5 Å². The number of nitrogens with zero attached hydrogens (tertiary/aromatic N) is 2. The van der Waals surface area contributed by atoms with Crippen LogP contribution in [0, 0.1) is 0 Å². The number of rotatable bonds is 7. The number of hydrogen-bond acceptors (Lipinski definition) is 4. The summed E-state index contributed by atoms with van der Waals surface area (Å²) in [6.45, 7) is 1.52. The van der Waals surface area contributed by atoms with Crippen molar-refractivity contribution >= 4 is 11.6 Å². The molecule has 0 fully saturated rings. The highest BCUT2D eigenvalue weighted by atomic mass is 16.5. The summed E-state index contributed by atoms with van der Waals surface area (Å²) in [6, 6.07) is 5.16. The fraction of sp³-hybridized carbons (Fsp3) is 0.333. The van der Waals surface area contributed by atoms with Gasteiger partial charge in [0.15, 0.2) is 5.75 Å². The lowest BCUT2D eigenvalue weighted by atomic mass is 10.1. The van der Waals surface area contributed by atoms with Crippen LogP contribution in [0.5, 0.6) is 5.75 Å². The van der Waals surface area contributed by atoms with Gasteiger partial charge in [0.2, 0.25) is 0 Å². The highest BCUT2D eigenvalue weighted by Crippen LogP contribution is 2.25. The van der Waals surface area contributed by atoms with Gasteiger partial charge < -0.3 is 20.4 Å². The van der Waals surface area contributed by atoms with Crippen LogP contribution < -0.4 is 15.8 Å². The molecule has 2 rings (SSSR count). The third-order valence-corrected chi connectivity index (χ3v) is 3.18. The molecule has 112 valence electrons. The van der Waals surface area contributed by atoms with Crippen LogP contribution in [0.2, 0.25) is 0 Å². The average molecular weight is 288 g/mol. The Kier molecular flexibility index (Phi) is 5.20. The first-order chi connectivity index (χ1) is 10.2. The van der Waals surface area contributed by atoms with Gasteiger partial charge in [-0.25, -0.2) is 4.98 Å². The fourth-order valence-corrected chi connectivity index (χ4v) is 2.10. The summed E-state index contributed by atoms with van der Waals surface area (Å²) in [5.74, 6) is 0.259. The van der Waals surface area contributed by atoms with Gasteiger partial charge in [0.25, 0.3) is 5.91 Å². The van der Waals surface area contributed by atoms with E-state index in [-0.39, 0.29) is 5.91 Å². The zero-order valence-electron chi connectivity index (χ0n) is 12.1. The summed E-state index contributed by atoms with van der Waals surface area (Å²) in [6.07, 6.45) is 7.35. The monoisotopic (exact) mass is 288 g/mol. The molecular weight excluding hydrogens is 268 g/mol. The number of carbonyl (C=O) groups is 1. The maximum absolute atomic E-state index is 12.1. The minimum atomic E-state index is -0.165. The molecule has 0 unspecified atom stereocenters. The number of unbranched alkanes of at least 4 members (excludes halogenated alkanes) is 1. The molecule has 2 aromatic rings. The van der Waals surface area contributed by atoms with Crippen molar-refractivity contribution in [2.24, 2.45) is 0 Å². The third kappa shape index (κ3) is 3.98. The Bertz CT molecular complexity index is 581. The van der Waals surface area contributed by atoms with Gasteiger partial charge in [-0.05, 0) is 25.0 Å². The van der Waals surface area contributed by atoms with Crippen molar-refractivity contribution in [1.29, 1.82) is 0 Å². The second-order valence-corrected chi connectivity index (χ2v) is 4.69. The summed E-state index contributed by atoms with van der Waals surface area (Å²) in [5.41, 5.74) is 6.71. The average Bonchev–Trinajstić information content (AvgIpc) is 2.99. The second-order valence-electron chi connectivity index (χ2n) is 4.69. The predicted molar refractivity (Wildman–Crippen MR) is 81.2 cm³/mol. The van der Waals surface area contributed by atoms with E-state index in [0.717, 1.165) is 19.4 Å². The smallest absolute Gasteiger partial charge is 0.255 e. The van der Waals surface area contributed by atoms with Gasteiger partial charge in [0, 0.05) is 25.5 Å². The van der Waals surface area contributed by atoms with Crippen LogP contribution in [0.4, 0.5) is 5.69 Å². The van der Waals surface area contributed by atoms with Crippen LogP contribution in [0.3, 0.4) is 0 Å². The molecular formula is C15H20N4O2. The van der Waals surface area contributed by atoms with E-state index in [2.05, 4.69) is 10.3 Å². The quantitative estimate of drug-likeness (QED) is 0.600. The van der Waals surface area contributed by atoms with Gasteiger partial charge >= 0.3 is 0 Å². The Hall–Kier alpha value is -2.50. The number of hydrogen-bond donors (Lipinski definition) is 2. The van der Waals surface area contributed by atoms with E-state index >= 15 is 0 Å². The van der Waals surface area contributed by atoms with Crippen LogP contribution in [0.15, 0.2) is 36.9 Å². The van der Waals surface area contributed by atoms with E-state index < -0.39 is 0 Å². The normalized spacial score (nSPS) is 10.3. The SMILES string of the molecule is COc1c(N)cccc1C(=O)NCCCCn1ccnc1. The molecule has 0 aliphatic rings. The number of anilines is 1. The van der Waals surface area contributed by atoms with E-state index in [4.69, 9.17) is 10.5 Å². The van der Waals surface area contributed by atoms with Crippen molar-refractivity contribution in [1.82, 2.24) is 14.9 Å². The lowest BCUT2D eigenvalue weighted by molar-refractivity contribution is 0.0950. The second kappa shape index (κ2) is 7.33. The molecule has 0 saturated heterocycles. The molecule has 0 aliphatic carbocycles. The van der Waals surface area contributed by atoms with Crippen LogP contribution >= 0.6 is 0 Å². The number of aryl methyl sites for hydroxylation is 1. The number of aromatic nitrogens is 2. The molecule has 0 atom stereocenters. The number of ether oxygens (including phenoxy) is 1. The maximum atomic E-state index is 12.1. The van der Waals surface area contributed by atoms with Gasteiger partial charge in [0.05, 0.1) is 24.7 Å². The van der Waals surface area contributed by atoms with Crippen molar-refractivity contribution in [2.45, 2.75) is 19.4 Å². The van der Waals surface area contributed by atoms with Gasteiger partial charge in [-0.1, -0.05) is 6.07 Å². The largest absolute Gasteiger partial charge is 0.494 e. The van der Waals surface area contributed by atoms with Crippen molar-refractivity contribution < 1.29 is 9.53 Å². The molecule has 1 aromatic carbocycles. The van der Waals surface area contributed by atoms with E-state index in [9.17, 15) is 4.79 Å². The molecule has 1 aromatic heterocycles. The van der Waals surface area contributed by atoms with E-state index in [1.807, 2.05) is 10.8 Å². The lowest BCUT2D eigenvalue weighted by Crippen LogP contribution is -2.25. The first-order valence-corrected chi connectivity index (χ1v) is 6.89. The molecule has 0 radical (unpaired) electrons. The highest BCUT2D eigenvalue weighted by molar-refractivity contribution is 5.98. The zero-order valence-corrected chi connectivity index (χ0v) is 12.1. The Balaban J connectivity index is 1.78. The number of amides is 1. The van der Waals surface area contributed by atoms with Crippen molar-refractivity contribution in [2.75, 3.05) is 19.4 Å². The number of nitrogen functional groups attached to an aromatic ring is 1. The molecule has 0 spiro atoms. The summed E-state index contributed by atoms with van der Waals surface area (Å²) >= 11 is 0. The summed E-state index contributed by atoms with van der Waals surface area (Å²) in [5, 5.41) is 2.88. The molecule has 3 N–H and O–H groups in total. The number of carbonyl (C=O) groups excluding carboxylic acids is 1. The summed E-state index contributed by atoms with van der Waals surface area (Å²) in [4.78, 5) is 16.1. The minimum absolute atomic E-state index is 0.165. The van der Waals surface area contributed by atoms with Crippen molar-refractivity contribution in [3.63, 3.8) is 0 Å². The zero-order chi connectivity index (χ0) is 15.1. The molecule has 6 nitrogen and oxygen atoms in total. The maximum Gasteiger partial charge on any atom is 0.255 e. The molecule has 21 heavy (non-hydrogen) atoms. The first kappa shape index (κ1) is 14.9. The number of nitrogens with two attached hydrogens (primary N) is 1. The molecule has 0 saturated carbocycles. The number of para-hydroxylation sites is 1. The standard InChI is InChI=1S/C15H20N4O2/c1-21-14-12(5-4-6-13(14)16)15(20)18-7-2-3-9-19-10-8-17-11-19/h4-6,8,10-11H,2-3,7,9,16H2,1H3,(H,18,20). The Morgan fingerprint density at radius 2 is 2.29 bits per heavy atom. The third-order valence-electron chi connectivity index (χ3n) is 3.18. The van der Waals surface area contributed by atoms with Crippen molar-refractivity contribution in [3.05, 3.63) is 42.5 Å². The predicted octanol–water partition coefficient (Wildman–Crippen LogP) is 1.68. The topological polar surface area (TPSA) is 82.2 Å². The van der Waals surface area contributed by atoms with Crippen LogP contribution in [0.1, 0.15) is 23.2 Å². The number of methoxy groups -OCH3 is 1. The highest BCUT2D eigenvalue weighted by Gasteiger charge is 2.13. The number of nitrogens with one attached hydrogen (secondary N) is 1. The van der Waals surface area contributed by atoms with Crippen LogP contribution in [0.25, 0.3) is 0 Å². The lowest BCUT2D eigenvalue weighted by Gasteiger charge is -2.11. The first-order valence-electron chi connectivity index (χ1n) is 6.89. The molecule has 0 bridgehead atoms. The van der Waals surface area contributed by atoms with E-state index in [1.54, 1.807) is 30.7 Å². The van der Waals surface area contributed by atoms with Gasteiger partial charge in [-0.15, -0.1) is 0 Å². The van der Waals surface area contributed by atoms with Gasteiger partial charge in [-0.2, -0.15) is 0 Å². The minimum Gasteiger partial charge on any atom is -0.494 e. The van der Waals surface area contributed by atoms with Gasteiger partial charge in [-0.3, -0.25) is 4.79 Å². The van der Waals surface area contributed by atoms with Crippen LogP contribution in [-0.4, -0.2) is 29.1 Å². The molecule has 6 heteroatoms. The number of imidazole rings is 1. The Morgan fingerprint density at radius 3 is 3.00 bits per heavy atom.